The van der Waals surface area contributed by atoms with Gasteiger partial charge < -0.3 is 15.4 Å². The van der Waals surface area contributed by atoms with Crippen molar-refractivity contribution < 1.29 is 9.53 Å². The first kappa shape index (κ1) is 21.0. The summed E-state index contributed by atoms with van der Waals surface area (Å²) >= 11 is 0. The predicted molar refractivity (Wildman–Crippen MR) is 96.4 cm³/mol. The number of hydrogen-bond donors (Lipinski definition) is 1. The Kier molecular flexibility index (Phi) is 6.79. The average molecular weight is 368 g/mol. The number of piperazine rings is 1. The topological polar surface area (TPSA) is 58.8 Å². The van der Waals surface area contributed by atoms with Crippen LogP contribution in [0.25, 0.3) is 0 Å². The third-order valence-corrected chi connectivity index (χ3v) is 5.88. The molecule has 2 atom stereocenters. The highest BCUT2D eigenvalue weighted by atomic mass is 35.5. The molecule has 0 aromatic rings. The van der Waals surface area contributed by atoms with Crippen LogP contribution in [-0.4, -0.2) is 66.2 Å². The van der Waals surface area contributed by atoms with Crippen LogP contribution < -0.4 is 5.73 Å². The lowest BCUT2D eigenvalue weighted by molar-refractivity contribution is -0.180. The van der Waals surface area contributed by atoms with E-state index in [0.717, 1.165) is 32.2 Å². The van der Waals surface area contributed by atoms with Gasteiger partial charge in [-0.15, -0.1) is 24.8 Å². The van der Waals surface area contributed by atoms with Crippen LogP contribution in [-0.2, 0) is 9.53 Å². The molecule has 5 nitrogen and oxygen atoms in total. The zero-order chi connectivity index (χ0) is 15.3. The van der Waals surface area contributed by atoms with Gasteiger partial charge in [0, 0.05) is 50.7 Å². The Bertz CT molecular complexity index is 424. The first-order chi connectivity index (χ1) is 9.90. The van der Waals surface area contributed by atoms with Crippen molar-refractivity contribution in [2.24, 2.45) is 11.1 Å². The maximum absolute atomic E-state index is 12.9. The van der Waals surface area contributed by atoms with E-state index >= 15 is 0 Å². The zero-order valence-corrected chi connectivity index (χ0v) is 16.0. The molecular formula is C16H31Cl2N3O2. The van der Waals surface area contributed by atoms with E-state index < -0.39 is 5.54 Å². The van der Waals surface area contributed by atoms with Gasteiger partial charge in [0.1, 0.15) is 5.54 Å². The van der Waals surface area contributed by atoms with E-state index in [2.05, 4.69) is 18.7 Å². The molecule has 2 aliphatic carbocycles. The second-order valence-corrected chi connectivity index (χ2v) is 7.40. The minimum Gasteiger partial charge on any atom is -0.378 e. The van der Waals surface area contributed by atoms with Crippen molar-refractivity contribution in [3.63, 3.8) is 0 Å². The average Bonchev–Trinajstić information content (AvgIpc) is 3.31. The fraction of sp³-hybridized carbons (Fsp3) is 0.938. The lowest BCUT2D eigenvalue weighted by Crippen LogP contribution is -2.76. The molecule has 2 unspecified atom stereocenters. The number of ether oxygens (including phenoxy) is 1. The maximum Gasteiger partial charge on any atom is 0.243 e. The van der Waals surface area contributed by atoms with Crippen LogP contribution in [0.1, 0.15) is 40.0 Å². The number of amides is 1. The molecule has 2 saturated carbocycles. The van der Waals surface area contributed by atoms with E-state index in [1.807, 2.05) is 11.8 Å². The van der Waals surface area contributed by atoms with Gasteiger partial charge >= 0.3 is 0 Å². The summed E-state index contributed by atoms with van der Waals surface area (Å²) in [5.74, 6) is 0.124. The highest BCUT2D eigenvalue weighted by molar-refractivity contribution is 5.89. The molecule has 1 amide bonds. The largest absolute Gasteiger partial charge is 0.378 e. The summed E-state index contributed by atoms with van der Waals surface area (Å²) < 4.78 is 5.72. The molecule has 0 aromatic carbocycles. The van der Waals surface area contributed by atoms with Crippen molar-refractivity contribution >= 4 is 30.7 Å². The molecule has 0 radical (unpaired) electrons. The third-order valence-electron chi connectivity index (χ3n) is 5.88. The molecule has 23 heavy (non-hydrogen) atoms. The first-order valence-corrected chi connectivity index (χ1v) is 8.34. The van der Waals surface area contributed by atoms with E-state index in [1.165, 1.54) is 12.8 Å². The van der Waals surface area contributed by atoms with Gasteiger partial charge in [-0.25, -0.2) is 0 Å². The molecule has 3 rings (SSSR count). The number of carbonyl (C=O) groups is 1. The lowest BCUT2D eigenvalue weighted by atomic mass is 9.54. The van der Waals surface area contributed by atoms with Crippen LogP contribution in [0.15, 0.2) is 0 Å². The van der Waals surface area contributed by atoms with Crippen LogP contribution in [0.4, 0.5) is 0 Å². The Hall–Kier alpha value is -0.0700. The maximum atomic E-state index is 12.9. The van der Waals surface area contributed by atoms with Gasteiger partial charge in [-0.1, -0.05) is 13.8 Å². The molecule has 3 aliphatic rings. The van der Waals surface area contributed by atoms with Gasteiger partial charge in [-0.05, 0) is 19.8 Å². The Morgan fingerprint density at radius 3 is 2.17 bits per heavy atom. The third kappa shape index (κ3) is 3.49. The van der Waals surface area contributed by atoms with Crippen LogP contribution in [0.2, 0.25) is 0 Å². The monoisotopic (exact) mass is 367 g/mol. The minimum absolute atomic E-state index is 0. The smallest absolute Gasteiger partial charge is 0.243 e. The summed E-state index contributed by atoms with van der Waals surface area (Å²) in [4.78, 5) is 17.4. The molecule has 7 heteroatoms. The summed E-state index contributed by atoms with van der Waals surface area (Å²) in [5.41, 5.74) is 5.46. The number of carbonyl (C=O) groups excluding carboxylic acids is 1. The Balaban J connectivity index is 0.00000132. The quantitative estimate of drug-likeness (QED) is 0.820. The second-order valence-electron chi connectivity index (χ2n) is 7.40. The summed E-state index contributed by atoms with van der Waals surface area (Å²) in [6.45, 7) is 10.4. The number of nitrogens with zero attached hydrogens (tertiary/aromatic N) is 2. The Morgan fingerprint density at radius 2 is 1.74 bits per heavy atom. The minimum atomic E-state index is -0.755. The second kappa shape index (κ2) is 7.44. The molecule has 1 aliphatic heterocycles. The van der Waals surface area contributed by atoms with E-state index in [4.69, 9.17) is 10.5 Å². The fourth-order valence-corrected chi connectivity index (χ4v) is 3.81. The summed E-state index contributed by atoms with van der Waals surface area (Å²) in [5, 5.41) is 0. The fourth-order valence-electron chi connectivity index (χ4n) is 3.81. The van der Waals surface area contributed by atoms with Crippen molar-refractivity contribution in [3.05, 3.63) is 0 Å². The summed E-state index contributed by atoms with van der Waals surface area (Å²) in [6, 6.07) is 0.788. The standard InChI is InChI=1S/C16H29N3O2.2ClH/c1-4-21-13-11-16(17,15(13,2)3)14(20)19-9-7-18(8-10-19)12-5-6-12;;/h12-13H,4-11,17H2,1-3H3;2*1H. The number of hydrogen-bond acceptors (Lipinski definition) is 4. The number of rotatable bonds is 4. The number of nitrogens with two attached hydrogens (primary N) is 1. The molecule has 0 bridgehead atoms. The first-order valence-electron chi connectivity index (χ1n) is 8.34. The van der Waals surface area contributed by atoms with Crippen molar-refractivity contribution in [1.82, 2.24) is 9.80 Å². The van der Waals surface area contributed by atoms with Gasteiger partial charge in [0.25, 0.3) is 0 Å². The lowest BCUT2D eigenvalue weighted by Gasteiger charge is -2.59. The Labute approximate surface area is 152 Å². The Morgan fingerprint density at radius 1 is 1.17 bits per heavy atom. The van der Waals surface area contributed by atoms with Gasteiger partial charge in [-0.2, -0.15) is 0 Å². The van der Waals surface area contributed by atoms with Gasteiger partial charge in [0.05, 0.1) is 6.10 Å². The van der Waals surface area contributed by atoms with Gasteiger partial charge in [-0.3, -0.25) is 9.69 Å². The van der Waals surface area contributed by atoms with Crippen molar-refractivity contribution in [1.29, 1.82) is 0 Å². The van der Waals surface area contributed by atoms with Crippen LogP contribution in [0.3, 0.4) is 0 Å². The highest BCUT2D eigenvalue weighted by Gasteiger charge is 2.63. The number of halogens is 2. The molecule has 3 fully saturated rings. The van der Waals surface area contributed by atoms with E-state index in [-0.39, 0.29) is 42.2 Å². The molecule has 2 N–H and O–H groups in total. The SMILES string of the molecule is CCOC1CC(N)(C(=O)N2CCN(C3CC3)CC2)C1(C)C.Cl.Cl. The molecule has 136 valence electrons. The zero-order valence-electron chi connectivity index (χ0n) is 14.4. The van der Waals surface area contributed by atoms with Crippen molar-refractivity contribution in [3.8, 4) is 0 Å². The van der Waals surface area contributed by atoms with Crippen LogP contribution >= 0.6 is 24.8 Å². The molecule has 0 spiro atoms. The van der Waals surface area contributed by atoms with E-state index in [0.29, 0.717) is 13.0 Å². The molecular weight excluding hydrogens is 337 g/mol. The summed E-state index contributed by atoms with van der Waals surface area (Å²) in [7, 11) is 0. The van der Waals surface area contributed by atoms with E-state index in [9.17, 15) is 4.79 Å². The van der Waals surface area contributed by atoms with Gasteiger partial charge in [0.2, 0.25) is 5.91 Å². The van der Waals surface area contributed by atoms with E-state index in [1.54, 1.807) is 0 Å². The summed E-state index contributed by atoms with van der Waals surface area (Å²) in [6.07, 6.45) is 3.41. The van der Waals surface area contributed by atoms with Crippen molar-refractivity contribution in [2.75, 3.05) is 32.8 Å². The normalized spacial score (nSPS) is 33.2. The molecule has 1 heterocycles. The predicted octanol–water partition coefficient (Wildman–Crippen LogP) is 1.67. The highest BCUT2D eigenvalue weighted by Crippen LogP contribution is 2.50. The van der Waals surface area contributed by atoms with Crippen LogP contribution in [0.5, 0.6) is 0 Å². The van der Waals surface area contributed by atoms with Crippen LogP contribution in [0, 0.1) is 5.41 Å². The van der Waals surface area contributed by atoms with Crippen molar-refractivity contribution in [2.45, 2.75) is 57.7 Å². The van der Waals surface area contributed by atoms with Gasteiger partial charge in [0.15, 0.2) is 0 Å². The molecule has 0 aromatic heterocycles. The molecule has 1 saturated heterocycles.